The Morgan fingerprint density at radius 3 is 2.27 bits per heavy atom. The van der Waals surface area contributed by atoms with Crippen molar-refractivity contribution in [2.24, 2.45) is 5.73 Å². The van der Waals surface area contributed by atoms with E-state index in [1.54, 1.807) is 0 Å². The molecule has 2 atom stereocenters. The van der Waals surface area contributed by atoms with Gasteiger partial charge in [0.15, 0.2) is 6.10 Å². The molecular formula is C12H23NO2. The normalized spacial score (nSPS) is 24.1. The van der Waals surface area contributed by atoms with Gasteiger partial charge < -0.3 is 10.5 Å². The zero-order chi connectivity index (χ0) is 11.1. The molecule has 88 valence electrons. The summed E-state index contributed by atoms with van der Waals surface area (Å²) in [5, 5.41) is 0. The van der Waals surface area contributed by atoms with Crippen molar-refractivity contribution in [3.8, 4) is 0 Å². The highest BCUT2D eigenvalue weighted by Crippen LogP contribution is 2.27. The first kappa shape index (κ1) is 12.5. The second kappa shape index (κ2) is 6.83. The summed E-state index contributed by atoms with van der Waals surface area (Å²) in [5.41, 5.74) is 5.11. The van der Waals surface area contributed by atoms with E-state index in [1.165, 1.54) is 44.9 Å². The zero-order valence-electron chi connectivity index (χ0n) is 9.71. The van der Waals surface area contributed by atoms with Crippen molar-refractivity contribution in [2.75, 3.05) is 0 Å². The number of carbonyl (C=O) groups is 1. The molecule has 0 radical (unpaired) electrons. The number of ether oxygens (including phenoxy) is 1. The van der Waals surface area contributed by atoms with Crippen LogP contribution in [0.1, 0.15) is 58.3 Å². The van der Waals surface area contributed by atoms with Gasteiger partial charge in [-0.1, -0.05) is 51.9 Å². The average molecular weight is 213 g/mol. The van der Waals surface area contributed by atoms with E-state index in [0.29, 0.717) is 0 Å². The Bertz CT molecular complexity index is 194. The third-order valence-electron chi connectivity index (χ3n) is 2.96. The highest BCUT2D eigenvalue weighted by molar-refractivity contribution is 5.81. The molecule has 1 saturated heterocycles. The summed E-state index contributed by atoms with van der Waals surface area (Å²) < 4.78 is 5.15. The number of carbonyl (C=O) groups excluding carboxylic acids is 1. The Balaban J connectivity index is 1.80. The van der Waals surface area contributed by atoms with Crippen LogP contribution in [0.2, 0.25) is 0 Å². The van der Waals surface area contributed by atoms with E-state index >= 15 is 0 Å². The van der Waals surface area contributed by atoms with Gasteiger partial charge in [0.1, 0.15) is 0 Å². The number of primary amides is 1. The highest BCUT2D eigenvalue weighted by Gasteiger charge is 2.42. The minimum absolute atomic E-state index is 0.137. The lowest BCUT2D eigenvalue weighted by atomic mass is 10.1. The van der Waals surface area contributed by atoms with Crippen molar-refractivity contribution in [1.82, 2.24) is 0 Å². The van der Waals surface area contributed by atoms with E-state index in [-0.39, 0.29) is 18.1 Å². The van der Waals surface area contributed by atoms with Gasteiger partial charge >= 0.3 is 0 Å². The monoisotopic (exact) mass is 213 g/mol. The molecule has 0 unspecified atom stereocenters. The summed E-state index contributed by atoms with van der Waals surface area (Å²) in [6.07, 6.45) is 9.97. The van der Waals surface area contributed by atoms with Gasteiger partial charge in [0, 0.05) is 0 Å². The van der Waals surface area contributed by atoms with Crippen LogP contribution in [-0.4, -0.2) is 18.1 Å². The number of epoxide rings is 1. The van der Waals surface area contributed by atoms with E-state index in [2.05, 4.69) is 6.92 Å². The fourth-order valence-corrected chi connectivity index (χ4v) is 1.92. The Labute approximate surface area is 92.4 Å². The molecule has 0 aromatic carbocycles. The number of rotatable bonds is 9. The van der Waals surface area contributed by atoms with Crippen molar-refractivity contribution >= 4 is 5.91 Å². The Hall–Kier alpha value is -0.570. The van der Waals surface area contributed by atoms with Gasteiger partial charge in [-0.2, -0.15) is 0 Å². The smallest absolute Gasteiger partial charge is 0.249 e. The standard InChI is InChI=1S/C12H23NO2/c1-2-3-4-5-6-7-8-9-10-11(15-10)12(13)14/h10-11H,2-9H2,1H3,(H2,13,14)/t10-,11-/m0/s1. The molecule has 0 bridgehead atoms. The molecule has 1 heterocycles. The molecule has 1 rings (SSSR count). The maximum absolute atomic E-state index is 10.7. The summed E-state index contributed by atoms with van der Waals surface area (Å²) >= 11 is 0. The molecule has 0 saturated carbocycles. The molecule has 0 spiro atoms. The van der Waals surface area contributed by atoms with E-state index in [0.717, 1.165) is 6.42 Å². The predicted molar refractivity (Wildman–Crippen MR) is 60.5 cm³/mol. The molecule has 1 aliphatic rings. The first-order valence-electron chi connectivity index (χ1n) is 6.20. The van der Waals surface area contributed by atoms with Gasteiger partial charge in [-0.25, -0.2) is 0 Å². The maximum Gasteiger partial charge on any atom is 0.249 e. The van der Waals surface area contributed by atoms with Crippen molar-refractivity contribution in [3.63, 3.8) is 0 Å². The van der Waals surface area contributed by atoms with Crippen molar-refractivity contribution in [1.29, 1.82) is 0 Å². The largest absolute Gasteiger partial charge is 0.367 e. The van der Waals surface area contributed by atoms with E-state index in [1.807, 2.05) is 0 Å². The maximum atomic E-state index is 10.7. The third kappa shape index (κ3) is 5.17. The van der Waals surface area contributed by atoms with Crippen LogP contribution in [0.3, 0.4) is 0 Å². The minimum atomic E-state index is -0.303. The quantitative estimate of drug-likeness (QED) is 0.472. The van der Waals surface area contributed by atoms with Crippen LogP contribution in [-0.2, 0) is 9.53 Å². The van der Waals surface area contributed by atoms with Crippen LogP contribution in [0.5, 0.6) is 0 Å². The topological polar surface area (TPSA) is 55.6 Å². The Morgan fingerprint density at radius 2 is 1.73 bits per heavy atom. The van der Waals surface area contributed by atoms with Crippen LogP contribution in [0.4, 0.5) is 0 Å². The third-order valence-corrected chi connectivity index (χ3v) is 2.96. The molecule has 0 aromatic rings. The van der Waals surface area contributed by atoms with Gasteiger partial charge in [-0.3, -0.25) is 4.79 Å². The average Bonchev–Trinajstić information content (AvgIpc) is 2.96. The highest BCUT2D eigenvalue weighted by atomic mass is 16.6. The lowest BCUT2D eigenvalue weighted by Gasteiger charge is -1.99. The van der Waals surface area contributed by atoms with Crippen LogP contribution in [0.25, 0.3) is 0 Å². The molecule has 3 heteroatoms. The molecule has 0 aromatic heterocycles. The SMILES string of the molecule is CCCCCCCCC[C@@H]1O[C@@H]1C(N)=O. The van der Waals surface area contributed by atoms with Gasteiger partial charge in [-0.15, -0.1) is 0 Å². The van der Waals surface area contributed by atoms with Crippen LogP contribution >= 0.6 is 0 Å². The summed E-state index contributed by atoms with van der Waals surface area (Å²) in [7, 11) is 0. The number of unbranched alkanes of at least 4 members (excludes halogenated alkanes) is 6. The van der Waals surface area contributed by atoms with Gasteiger partial charge in [0.05, 0.1) is 6.10 Å². The minimum Gasteiger partial charge on any atom is -0.367 e. The molecule has 1 fully saturated rings. The van der Waals surface area contributed by atoms with Crippen LogP contribution < -0.4 is 5.73 Å². The Morgan fingerprint density at radius 1 is 1.13 bits per heavy atom. The zero-order valence-corrected chi connectivity index (χ0v) is 9.71. The molecule has 1 aliphatic heterocycles. The molecule has 1 amide bonds. The van der Waals surface area contributed by atoms with E-state index in [4.69, 9.17) is 10.5 Å². The Kier molecular flexibility index (Phi) is 5.69. The summed E-state index contributed by atoms with van der Waals surface area (Å²) in [4.78, 5) is 10.7. The summed E-state index contributed by atoms with van der Waals surface area (Å²) in [5.74, 6) is -0.303. The van der Waals surface area contributed by atoms with Gasteiger partial charge in [-0.05, 0) is 6.42 Å². The molecular weight excluding hydrogens is 190 g/mol. The fourth-order valence-electron chi connectivity index (χ4n) is 1.92. The number of amides is 1. The summed E-state index contributed by atoms with van der Waals surface area (Å²) in [6, 6.07) is 0. The molecule has 15 heavy (non-hydrogen) atoms. The lowest BCUT2D eigenvalue weighted by molar-refractivity contribution is -0.119. The second-order valence-corrected chi connectivity index (χ2v) is 4.41. The van der Waals surface area contributed by atoms with E-state index in [9.17, 15) is 4.79 Å². The first-order valence-corrected chi connectivity index (χ1v) is 6.20. The van der Waals surface area contributed by atoms with Gasteiger partial charge in [0.25, 0.3) is 0 Å². The molecule has 2 N–H and O–H groups in total. The summed E-state index contributed by atoms with van der Waals surface area (Å²) in [6.45, 7) is 2.23. The van der Waals surface area contributed by atoms with Gasteiger partial charge in [0.2, 0.25) is 5.91 Å². The first-order chi connectivity index (χ1) is 7.25. The number of hydrogen-bond acceptors (Lipinski definition) is 2. The molecule has 0 aliphatic carbocycles. The van der Waals surface area contributed by atoms with Crippen LogP contribution in [0.15, 0.2) is 0 Å². The predicted octanol–water partition coefficient (Wildman–Crippen LogP) is 2.38. The van der Waals surface area contributed by atoms with E-state index < -0.39 is 0 Å². The van der Waals surface area contributed by atoms with Crippen LogP contribution in [0, 0.1) is 0 Å². The fraction of sp³-hybridized carbons (Fsp3) is 0.917. The molecule has 3 nitrogen and oxygen atoms in total. The lowest BCUT2D eigenvalue weighted by Crippen LogP contribution is -2.19. The van der Waals surface area contributed by atoms with Crippen molar-refractivity contribution < 1.29 is 9.53 Å². The second-order valence-electron chi connectivity index (χ2n) is 4.41. The van der Waals surface area contributed by atoms with Crippen molar-refractivity contribution in [2.45, 2.75) is 70.5 Å². The van der Waals surface area contributed by atoms with Crippen molar-refractivity contribution in [3.05, 3.63) is 0 Å². The number of hydrogen-bond donors (Lipinski definition) is 1. The number of nitrogens with two attached hydrogens (primary N) is 1.